The average molecular weight is 539 g/mol. The van der Waals surface area contributed by atoms with Crippen molar-refractivity contribution in [3.8, 4) is 22.8 Å². The van der Waals surface area contributed by atoms with E-state index in [1.807, 2.05) is 52.2 Å². The minimum Gasteiger partial charge on any atom is -0.486 e. The lowest BCUT2D eigenvalue weighted by atomic mass is 10.1. The molecule has 0 aliphatic heterocycles. The van der Waals surface area contributed by atoms with Crippen molar-refractivity contribution in [2.45, 2.75) is 46.8 Å². The van der Waals surface area contributed by atoms with Crippen molar-refractivity contribution in [3.05, 3.63) is 80.0 Å². The van der Waals surface area contributed by atoms with Gasteiger partial charge in [-0.3, -0.25) is 19.0 Å². The first-order valence-electron chi connectivity index (χ1n) is 11.0. The molecule has 35 heavy (non-hydrogen) atoms. The van der Waals surface area contributed by atoms with Crippen LogP contribution in [0.15, 0.2) is 46.1 Å². The lowest BCUT2D eigenvalue weighted by Gasteiger charge is -2.18. The highest BCUT2D eigenvalue weighted by Crippen LogP contribution is 2.28. The first kappa shape index (κ1) is 24.7. The molecule has 0 aliphatic carbocycles. The van der Waals surface area contributed by atoms with Gasteiger partial charge in [-0.2, -0.15) is 5.10 Å². The molecule has 0 saturated heterocycles. The van der Waals surface area contributed by atoms with Crippen LogP contribution >= 0.6 is 15.9 Å². The molecular weight excluding hydrogens is 512 g/mol. The van der Waals surface area contributed by atoms with E-state index in [2.05, 4.69) is 36.0 Å². The third kappa shape index (κ3) is 5.03. The normalized spacial score (nSPS) is 11.7. The van der Waals surface area contributed by atoms with Crippen LogP contribution < -0.4 is 10.3 Å². The van der Waals surface area contributed by atoms with Crippen molar-refractivity contribution < 1.29 is 9.84 Å². The second-order valence-corrected chi connectivity index (χ2v) is 9.81. The number of aryl methyl sites for hydroxylation is 4. The Kier molecular flexibility index (Phi) is 6.61. The van der Waals surface area contributed by atoms with Crippen LogP contribution in [0.1, 0.15) is 42.2 Å². The van der Waals surface area contributed by atoms with Gasteiger partial charge in [0.15, 0.2) is 5.82 Å². The highest BCUT2D eigenvalue weighted by atomic mass is 79.9. The molecular formula is C25H27BrN6O3. The molecule has 0 aromatic carbocycles. The zero-order chi connectivity index (χ0) is 25.5. The van der Waals surface area contributed by atoms with Crippen molar-refractivity contribution in [3.63, 3.8) is 0 Å². The van der Waals surface area contributed by atoms with E-state index in [0.717, 1.165) is 16.8 Å². The van der Waals surface area contributed by atoms with Crippen molar-refractivity contribution in [2.24, 2.45) is 7.05 Å². The molecule has 0 unspecified atom stereocenters. The maximum Gasteiger partial charge on any atom is 0.273 e. The summed E-state index contributed by atoms with van der Waals surface area (Å²) in [6.07, 6.45) is 5.21. The summed E-state index contributed by atoms with van der Waals surface area (Å²) in [6, 6.07) is 5.51. The van der Waals surface area contributed by atoms with E-state index in [1.54, 1.807) is 35.5 Å². The zero-order valence-corrected chi connectivity index (χ0v) is 22.1. The number of aliphatic hydroxyl groups is 1. The molecule has 0 radical (unpaired) electrons. The molecule has 182 valence electrons. The molecule has 0 spiro atoms. The maximum absolute atomic E-state index is 13.4. The Balaban J connectivity index is 1.76. The summed E-state index contributed by atoms with van der Waals surface area (Å²) in [5.41, 5.74) is 3.50. The van der Waals surface area contributed by atoms with Crippen molar-refractivity contribution in [2.75, 3.05) is 0 Å². The van der Waals surface area contributed by atoms with Gasteiger partial charge in [-0.15, -0.1) is 0 Å². The van der Waals surface area contributed by atoms with E-state index >= 15 is 0 Å². The predicted octanol–water partition coefficient (Wildman–Crippen LogP) is 3.92. The van der Waals surface area contributed by atoms with Crippen molar-refractivity contribution in [1.82, 2.24) is 29.3 Å². The Morgan fingerprint density at radius 3 is 2.49 bits per heavy atom. The van der Waals surface area contributed by atoms with Crippen LogP contribution in [-0.4, -0.2) is 34.4 Å². The molecule has 0 saturated carbocycles. The summed E-state index contributed by atoms with van der Waals surface area (Å²) in [4.78, 5) is 26.8. The van der Waals surface area contributed by atoms with Crippen LogP contribution in [0.3, 0.4) is 0 Å². The van der Waals surface area contributed by atoms with Gasteiger partial charge < -0.3 is 9.84 Å². The number of nitrogens with zero attached hydrogens (tertiary/aromatic N) is 6. The van der Waals surface area contributed by atoms with Gasteiger partial charge in [-0.05, 0) is 73.8 Å². The van der Waals surface area contributed by atoms with Crippen LogP contribution in [0.4, 0.5) is 0 Å². The van der Waals surface area contributed by atoms with E-state index in [0.29, 0.717) is 38.8 Å². The Morgan fingerprint density at radius 2 is 1.83 bits per heavy atom. The largest absolute Gasteiger partial charge is 0.486 e. The fourth-order valence-electron chi connectivity index (χ4n) is 3.66. The minimum atomic E-state index is -1.19. The van der Waals surface area contributed by atoms with Gasteiger partial charge in [0.25, 0.3) is 5.56 Å². The summed E-state index contributed by atoms with van der Waals surface area (Å²) in [5, 5.41) is 14.7. The first-order chi connectivity index (χ1) is 16.5. The Bertz CT molecular complexity index is 1470. The van der Waals surface area contributed by atoms with E-state index in [4.69, 9.17) is 4.74 Å². The van der Waals surface area contributed by atoms with E-state index < -0.39 is 5.60 Å². The number of hydrogen-bond acceptors (Lipinski definition) is 7. The first-order valence-corrected chi connectivity index (χ1v) is 11.8. The standard InChI is InChI=1S/C25H27BrN6O3/c1-14-11-27-18(22-15(2)12-28-24(29-22)25(4,5)34)10-19(14)32-16(3)9-20(21(26)23(32)33)35-13-17-7-8-31(6)30-17/h7-12,34H,13H2,1-6H3. The molecule has 4 aromatic heterocycles. The fraction of sp³-hybridized carbons (Fsp3) is 0.320. The zero-order valence-electron chi connectivity index (χ0n) is 20.5. The topological polar surface area (TPSA) is 108 Å². The molecule has 10 heteroatoms. The van der Waals surface area contributed by atoms with E-state index in [1.165, 1.54) is 0 Å². The third-order valence-electron chi connectivity index (χ3n) is 5.52. The summed E-state index contributed by atoms with van der Waals surface area (Å²) in [6.45, 7) is 9.14. The number of pyridine rings is 2. The molecule has 4 heterocycles. The number of rotatable bonds is 6. The van der Waals surface area contributed by atoms with Crippen LogP contribution in [0.25, 0.3) is 17.1 Å². The summed E-state index contributed by atoms with van der Waals surface area (Å²) in [7, 11) is 1.84. The predicted molar refractivity (Wildman–Crippen MR) is 136 cm³/mol. The monoisotopic (exact) mass is 538 g/mol. The Hall–Kier alpha value is -3.37. The van der Waals surface area contributed by atoms with Crippen LogP contribution in [0, 0.1) is 20.8 Å². The Labute approximate surface area is 211 Å². The summed E-state index contributed by atoms with van der Waals surface area (Å²) < 4.78 is 9.52. The molecule has 9 nitrogen and oxygen atoms in total. The highest BCUT2D eigenvalue weighted by Gasteiger charge is 2.22. The van der Waals surface area contributed by atoms with Gasteiger partial charge in [0.05, 0.1) is 22.8 Å². The summed E-state index contributed by atoms with van der Waals surface area (Å²) in [5.74, 6) is 0.746. The SMILES string of the molecule is Cc1cnc(-c2nc(C(C)(C)O)ncc2C)cc1-n1c(C)cc(OCc2ccn(C)n2)c(Br)c1=O. The van der Waals surface area contributed by atoms with Gasteiger partial charge in [-0.25, -0.2) is 9.97 Å². The van der Waals surface area contributed by atoms with E-state index in [9.17, 15) is 9.90 Å². The molecule has 0 amide bonds. The lowest BCUT2D eigenvalue weighted by molar-refractivity contribution is 0.0688. The van der Waals surface area contributed by atoms with Gasteiger partial charge in [0.2, 0.25) is 0 Å². The number of hydrogen-bond donors (Lipinski definition) is 1. The molecule has 1 N–H and O–H groups in total. The molecule has 0 bridgehead atoms. The van der Waals surface area contributed by atoms with Crippen molar-refractivity contribution in [1.29, 1.82) is 0 Å². The maximum atomic E-state index is 13.4. The number of ether oxygens (including phenoxy) is 1. The fourth-order valence-corrected chi connectivity index (χ4v) is 4.06. The molecule has 0 aliphatic rings. The third-order valence-corrected chi connectivity index (χ3v) is 6.25. The molecule has 4 rings (SSSR count). The van der Waals surface area contributed by atoms with Crippen molar-refractivity contribution >= 4 is 15.9 Å². The Morgan fingerprint density at radius 1 is 1.11 bits per heavy atom. The molecule has 4 aromatic rings. The number of aromatic nitrogens is 6. The van der Waals surface area contributed by atoms with Gasteiger partial charge in [0.1, 0.15) is 22.4 Å². The van der Waals surface area contributed by atoms with E-state index in [-0.39, 0.29) is 12.2 Å². The average Bonchev–Trinajstić information content (AvgIpc) is 3.21. The van der Waals surface area contributed by atoms with Gasteiger partial charge in [0, 0.05) is 37.4 Å². The van der Waals surface area contributed by atoms with Crippen LogP contribution in [-0.2, 0) is 19.3 Å². The highest BCUT2D eigenvalue weighted by molar-refractivity contribution is 9.10. The minimum absolute atomic E-state index is 0.247. The quantitative estimate of drug-likeness (QED) is 0.396. The second-order valence-electron chi connectivity index (χ2n) is 9.01. The van der Waals surface area contributed by atoms with Crippen LogP contribution in [0.5, 0.6) is 5.75 Å². The van der Waals surface area contributed by atoms with Crippen LogP contribution in [0.2, 0.25) is 0 Å². The van der Waals surface area contributed by atoms with Gasteiger partial charge in [-0.1, -0.05) is 0 Å². The molecule has 0 atom stereocenters. The lowest BCUT2D eigenvalue weighted by Crippen LogP contribution is -2.23. The summed E-state index contributed by atoms with van der Waals surface area (Å²) >= 11 is 3.42. The molecule has 0 fully saturated rings. The smallest absolute Gasteiger partial charge is 0.273 e. The second kappa shape index (κ2) is 9.35. The number of halogens is 1. The van der Waals surface area contributed by atoms with Gasteiger partial charge >= 0.3 is 0 Å².